The maximum Gasteiger partial charge on any atom is 0.168 e. The molecule has 0 aromatic heterocycles. The summed E-state index contributed by atoms with van der Waals surface area (Å²) in [7, 11) is 0. The molecule has 1 aliphatic rings. The summed E-state index contributed by atoms with van der Waals surface area (Å²) in [5.41, 5.74) is 0.751. The fourth-order valence-corrected chi connectivity index (χ4v) is 2.15. The molecule has 1 atom stereocenters. The van der Waals surface area contributed by atoms with Gasteiger partial charge in [0.1, 0.15) is 5.75 Å². The molecule has 0 N–H and O–H groups in total. The maximum absolute atomic E-state index is 12.2. The van der Waals surface area contributed by atoms with Crippen molar-refractivity contribution in [1.29, 1.82) is 0 Å². The third-order valence-electron chi connectivity index (χ3n) is 3.04. The van der Waals surface area contributed by atoms with E-state index < -0.39 is 0 Å². The van der Waals surface area contributed by atoms with Gasteiger partial charge in [0.25, 0.3) is 0 Å². The van der Waals surface area contributed by atoms with Gasteiger partial charge in [-0.25, -0.2) is 0 Å². The van der Waals surface area contributed by atoms with E-state index in [1.807, 2.05) is 38.1 Å². The van der Waals surface area contributed by atoms with Crippen molar-refractivity contribution in [2.24, 2.45) is 5.92 Å². The molecule has 0 saturated carbocycles. The first-order valence-electron chi connectivity index (χ1n) is 6.55. The molecule has 1 unspecified atom stereocenters. The smallest absolute Gasteiger partial charge is 0.168 e. The van der Waals surface area contributed by atoms with E-state index in [9.17, 15) is 4.79 Å². The van der Waals surface area contributed by atoms with Crippen LogP contribution in [0.25, 0.3) is 0 Å². The third kappa shape index (κ3) is 3.33. The van der Waals surface area contributed by atoms with Gasteiger partial charge in [-0.1, -0.05) is 0 Å². The molecule has 0 radical (unpaired) electrons. The molecule has 2 rings (SSSR count). The zero-order valence-electron chi connectivity index (χ0n) is 11.0. The number of ketones is 1. The predicted molar refractivity (Wildman–Crippen MR) is 70.1 cm³/mol. The average molecular weight is 248 g/mol. The minimum Gasteiger partial charge on any atom is -0.491 e. The highest BCUT2D eigenvalue weighted by molar-refractivity contribution is 5.98. The number of benzene rings is 1. The van der Waals surface area contributed by atoms with Crippen LogP contribution >= 0.6 is 0 Å². The van der Waals surface area contributed by atoms with Gasteiger partial charge in [0.2, 0.25) is 0 Å². The highest BCUT2D eigenvalue weighted by Crippen LogP contribution is 2.21. The van der Waals surface area contributed by atoms with Gasteiger partial charge in [-0.2, -0.15) is 0 Å². The van der Waals surface area contributed by atoms with Crippen LogP contribution in [0.5, 0.6) is 5.75 Å². The van der Waals surface area contributed by atoms with Crippen molar-refractivity contribution in [2.75, 3.05) is 13.2 Å². The fraction of sp³-hybridized carbons (Fsp3) is 0.533. The van der Waals surface area contributed by atoms with Gasteiger partial charge < -0.3 is 9.47 Å². The van der Waals surface area contributed by atoms with Crippen LogP contribution in [0.2, 0.25) is 0 Å². The molecule has 1 saturated heterocycles. The molecule has 1 aromatic rings. The van der Waals surface area contributed by atoms with Gasteiger partial charge in [-0.05, 0) is 51.0 Å². The zero-order chi connectivity index (χ0) is 13.0. The van der Waals surface area contributed by atoms with Crippen LogP contribution in [0.4, 0.5) is 0 Å². The average Bonchev–Trinajstić information content (AvgIpc) is 2.39. The number of ether oxygens (including phenoxy) is 2. The molecule has 0 spiro atoms. The van der Waals surface area contributed by atoms with Gasteiger partial charge >= 0.3 is 0 Å². The van der Waals surface area contributed by atoms with Crippen LogP contribution in [-0.4, -0.2) is 25.1 Å². The van der Waals surface area contributed by atoms with Crippen molar-refractivity contribution in [2.45, 2.75) is 32.8 Å². The Hall–Kier alpha value is -1.35. The van der Waals surface area contributed by atoms with Gasteiger partial charge in [0, 0.05) is 18.1 Å². The molecule has 0 aliphatic carbocycles. The first-order chi connectivity index (χ1) is 8.66. The number of Topliss-reactive ketones (excluding diaryl/α,β-unsaturated/α-hetero) is 1. The molecule has 1 heterocycles. The van der Waals surface area contributed by atoms with Gasteiger partial charge in [-0.3, -0.25) is 4.79 Å². The highest BCUT2D eigenvalue weighted by Gasteiger charge is 2.22. The van der Waals surface area contributed by atoms with E-state index in [0.29, 0.717) is 6.61 Å². The topological polar surface area (TPSA) is 35.5 Å². The second kappa shape index (κ2) is 6.01. The summed E-state index contributed by atoms with van der Waals surface area (Å²) in [5, 5.41) is 0. The van der Waals surface area contributed by atoms with Crippen molar-refractivity contribution < 1.29 is 14.3 Å². The molecule has 1 fully saturated rings. The summed E-state index contributed by atoms with van der Waals surface area (Å²) in [6.45, 7) is 5.31. The number of carbonyl (C=O) groups excluding carboxylic acids is 1. The second-order valence-corrected chi connectivity index (χ2v) is 4.97. The fourth-order valence-electron chi connectivity index (χ4n) is 2.15. The Bertz CT molecular complexity index is 389. The van der Waals surface area contributed by atoms with Crippen molar-refractivity contribution in [3.05, 3.63) is 29.8 Å². The number of hydrogen-bond acceptors (Lipinski definition) is 3. The van der Waals surface area contributed by atoms with Gasteiger partial charge in [0.05, 0.1) is 12.7 Å². The lowest BCUT2D eigenvalue weighted by Crippen LogP contribution is -2.25. The van der Waals surface area contributed by atoms with Crippen LogP contribution in [0, 0.1) is 5.92 Å². The lowest BCUT2D eigenvalue weighted by atomic mass is 9.93. The molecule has 1 aromatic carbocycles. The SMILES string of the molecule is CC(C)Oc1ccc(C(=O)C2CCCOC2)cc1. The molecule has 18 heavy (non-hydrogen) atoms. The third-order valence-corrected chi connectivity index (χ3v) is 3.04. The largest absolute Gasteiger partial charge is 0.491 e. The number of rotatable bonds is 4. The Morgan fingerprint density at radius 3 is 2.61 bits per heavy atom. The summed E-state index contributed by atoms with van der Waals surface area (Å²) < 4.78 is 10.9. The normalized spacial score (nSPS) is 19.8. The molecule has 1 aliphatic heterocycles. The lowest BCUT2D eigenvalue weighted by molar-refractivity contribution is 0.0461. The van der Waals surface area contributed by atoms with Gasteiger partial charge in [0.15, 0.2) is 5.78 Å². The van der Waals surface area contributed by atoms with E-state index in [4.69, 9.17) is 9.47 Å². The van der Waals surface area contributed by atoms with E-state index in [1.165, 1.54) is 0 Å². The number of hydrogen-bond donors (Lipinski definition) is 0. The molecule has 0 bridgehead atoms. The zero-order valence-corrected chi connectivity index (χ0v) is 11.0. The van der Waals surface area contributed by atoms with Crippen molar-refractivity contribution >= 4 is 5.78 Å². The van der Waals surface area contributed by atoms with Crippen LogP contribution in [0.1, 0.15) is 37.0 Å². The van der Waals surface area contributed by atoms with Crippen LogP contribution in [0.3, 0.4) is 0 Å². The Morgan fingerprint density at radius 2 is 2.06 bits per heavy atom. The summed E-state index contributed by atoms with van der Waals surface area (Å²) >= 11 is 0. The lowest BCUT2D eigenvalue weighted by Gasteiger charge is -2.21. The van der Waals surface area contributed by atoms with Crippen LogP contribution in [0.15, 0.2) is 24.3 Å². The van der Waals surface area contributed by atoms with Crippen molar-refractivity contribution in [3.63, 3.8) is 0 Å². The summed E-state index contributed by atoms with van der Waals surface area (Å²) in [6.07, 6.45) is 2.06. The first-order valence-corrected chi connectivity index (χ1v) is 6.55. The van der Waals surface area contributed by atoms with Gasteiger partial charge in [-0.15, -0.1) is 0 Å². The molecule has 98 valence electrons. The summed E-state index contributed by atoms with van der Waals surface area (Å²) in [5.74, 6) is 1.02. The minimum atomic E-state index is 0.0237. The second-order valence-electron chi connectivity index (χ2n) is 4.97. The quantitative estimate of drug-likeness (QED) is 0.768. The van der Waals surface area contributed by atoms with Crippen molar-refractivity contribution in [1.82, 2.24) is 0 Å². The van der Waals surface area contributed by atoms with E-state index in [-0.39, 0.29) is 17.8 Å². The maximum atomic E-state index is 12.2. The number of carbonyl (C=O) groups is 1. The molecular weight excluding hydrogens is 228 g/mol. The van der Waals surface area contributed by atoms with E-state index in [1.54, 1.807) is 0 Å². The molecule has 0 amide bonds. The summed E-state index contributed by atoms with van der Waals surface area (Å²) in [4.78, 5) is 12.2. The van der Waals surface area contributed by atoms with Crippen LogP contribution in [-0.2, 0) is 4.74 Å². The standard InChI is InChI=1S/C15H20O3/c1-11(2)18-14-7-5-12(6-8-14)15(16)13-4-3-9-17-10-13/h5-8,11,13H,3-4,9-10H2,1-2H3. The van der Waals surface area contributed by atoms with E-state index in [2.05, 4.69) is 0 Å². The first kappa shape index (κ1) is 13.1. The van der Waals surface area contributed by atoms with Crippen LogP contribution < -0.4 is 4.74 Å². The molecule has 3 nitrogen and oxygen atoms in total. The Labute approximate surface area is 108 Å². The molecular formula is C15H20O3. The highest BCUT2D eigenvalue weighted by atomic mass is 16.5. The van der Waals surface area contributed by atoms with Crippen molar-refractivity contribution in [3.8, 4) is 5.75 Å². The Morgan fingerprint density at radius 1 is 1.33 bits per heavy atom. The van der Waals surface area contributed by atoms with E-state index >= 15 is 0 Å². The minimum absolute atomic E-state index is 0.0237. The predicted octanol–water partition coefficient (Wildman–Crippen LogP) is 3.08. The Balaban J connectivity index is 2.02. The van der Waals surface area contributed by atoms with E-state index in [0.717, 1.165) is 30.8 Å². The summed E-state index contributed by atoms with van der Waals surface area (Å²) in [6, 6.07) is 7.40. The monoisotopic (exact) mass is 248 g/mol. The molecule has 3 heteroatoms. The Kier molecular flexibility index (Phi) is 4.37.